The van der Waals surface area contributed by atoms with Crippen LogP contribution in [0.3, 0.4) is 0 Å². The van der Waals surface area contributed by atoms with Crippen molar-refractivity contribution in [1.29, 1.82) is 0 Å². The predicted octanol–water partition coefficient (Wildman–Crippen LogP) is 3.14. The maximum absolute atomic E-state index is 11.3. The van der Waals surface area contributed by atoms with Gasteiger partial charge in [-0.2, -0.15) is 0 Å². The molecule has 1 rings (SSSR count). The van der Waals surface area contributed by atoms with E-state index in [4.69, 9.17) is 4.74 Å². The van der Waals surface area contributed by atoms with Gasteiger partial charge in [-0.15, -0.1) is 0 Å². The van der Waals surface area contributed by atoms with Crippen LogP contribution < -0.4 is 0 Å². The van der Waals surface area contributed by atoms with Crippen molar-refractivity contribution in [3.63, 3.8) is 0 Å². The molecule has 0 bridgehead atoms. The molecule has 3 heteroatoms. The summed E-state index contributed by atoms with van der Waals surface area (Å²) in [6, 6.07) is 8.91. The van der Waals surface area contributed by atoms with Crippen molar-refractivity contribution in [1.82, 2.24) is 0 Å². The number of alkyl halides is 1. The van der Waals surface area contributed by atoms with Gasteiger partial charge in [-0.25, -0.2) is 4.79 Å². The van der Waals surface area contributed by atoms with Crippen LogP contribution in [0.1, 0.15) is 16.8 Å². The molecule has 0 atom stereocenters. The third-order valence-electron chi connectivity index (χ3n) is 1.56. The van der Waals surface area contributed by atoms with Gasteiger partial charge in [0.1, 0.15) is 0 Å². The number of carbonyl (C=O) groups excluding carboxylic acids is 1. The Bertz CT molecular complexity index is 306. The lowest BCUT2D eigenvalue weighted by atomic mass is 10.2. The highest BCUT2D eigenvalue weighted by molar-refractivity contribution is 9.09. The summed E-state index contributed by atoms with van der Waals surface area (Å²) in [6.45, 7) is 0. The lowest BCUT2D eigenvalue weighted by molar-refractivity contribution is 0.0662. The van der Waals surface area contributed by atoms with Gasteiger partial charge in [-0.3, -0.25) is 0 Å². The summed E-state index contributed by atoms with van der Waals surface area (Å²) in [7, 11) is 0. The molecule has 2 nitrogen and oxygen atoms in total. The smallest absolute Gasteiger partial charge is 0.342 e. The Hall–Kier alpha value is -1.09. The first kappa shape index (κ1) is 11.0. The number of carbonyl (C=O) groups is 1. The number of ether oxygens (including phenoxy) is 1. The molecule has 0 aliphatic heterocycles. The Morgan fingerprint density at radius 3 is 2.71 bits per heavy atom. The van der Waals surface area contributed by atoms with Crippen LogP contribution in [0.25, 0.3) is 0 Å². The normalized spacial score (nSPS) is 10.4. The minimum Gasteiger partial charge on any atom is -0.431 e. The van der Waals surface area contributed by atoms with E-state index in [0.29, 0.717) is 5.56 Å². The van der Waals surface area contributed by atoms with Crippen LogP contribution >= 0.6 is 15.9 Å². The minimum absolute atomic E-state index is 0.323. The number of benzene rings is 1. The van der Waals surface area contributed by atoms with E-state index >= 15 is 0 Å². The summed E-state index contributed by atoms with van der Waals surface area (Å²) in [5.41, 5.74) is 0.566. The molecule has 1 aromatic carbocycles. The molecule has 0 fully saturated rings. The Balaban J connectivity index is 2.44. The van der Waals surface area contributed by atoms with Crippen molar-refractivity contribution in [2.75, 3.05) is 5.33 Å². The summed E-state index contributed by atoms with van der Waals surface area (Å²) >= 11 is 3.27. The van der Waals surface area contributed by atoms with Crippen molar-refractivity contribution < 1.29 is 9.53 Å². The highest BCUT2D eigenvalue weighted by Gasteiger charge is 2.02. The average molecular weight is 255 g/mol. The molecule has 0 spiro atoms. The zero-order chi connectivity index (χ0) is 10.2. The molecular weight excluding hydrogens is 244 g/mol. The van der Waals surface area contributed by atoms with E-state index in [-0.39, 0.29) is 5.97 Å². The fourth-order valence-electron chi connectivity index (χ4n) is 0.883. The lowest BCUT2D eigenvalue weighted by Gasteiger charge is -1.97. The highest BCUT2D eigenvalue weighted by atomic mass is 79.9. The van der Waals surface area contributed by atoms with E-state index in [2.05, 4.69) is 15.9 Å². The van der Waals surface area contributed by atoms with Crippen LogP contribution in [0.5, 0.6) is 0 Å². The second-order valence-electron chi connectivity index (χ2n) is 2.62. The summed E-state index contributed by atoms with van der Waals surface area (Å²) in [4.78, 5) is 11.3. The van der Waals surface area contributed by atoms with Crippen LogP contribution in [0.2, 0.25) is 0 Å². The van der Waals surface area contributed by atoms with Crippen molar-refractivity contribution in [2.24, 2.45) is 0 Å². The molecular formula is C11H11BrO2. The van der Waals surface area contributed by atoms with Crippen molar-refractivity contribution in [2.45, 2.75) is 6.42 Å². The fraction of sp³-hybridized carbons (Fsp3) is 0.182. The molecule has 0 aromatic heterocycles. The van der Waals surface area contributed by atoms with E-state index < -0.39 is 0 Å². The summed E-state index contributed by atoms with van der Waals surface area (Å²) < 4.78 is 4.89. The molecule has 14 heavy (non-hydrogen) atoms. The van der Waals surface area contributed by atoms with Gasteiger partial charge in [0, 0.05) is 5.33 Å². The third kappa shape index (κ3) is 3.75. The quantitative estimate of drug-likeness (QED) is 0.469. The van der Waals surface area contributed by atoms with Gasteiger partial charge in [0.15, 0.2) is 0 Å². The van der Waals surface area contributed by atoms with Crippen LogP contribution in [-0.4, -0.2) is 11.3 Å². The fourth-order valence-corrected chi connectivity index (χ4v) is 1.15. The molecule has 0 saturated carbocycles. The van der Waals surface area contributed by atoms with Crippen molar-refractivity contribution in [3.05, 3.63) is 48.2 Å². The van der Waals surface area contributed by atoms with Crippen LogP contribution in [0, 0.1) is 0 Å². The van der Waals surface area contributed by atoms with Gasteiger partial charge < -0.3 is 4.74 Å². The van der Waals surface area contributed by atoms with Crippen LogP contribution in [0.15, 0.2) is 42.7 Å². The van der Waals surface area contributed by atoms with Gasteiger partial charge in [0.2, 0.25) is 0 Å². The Kier molecular flexibility index (Phi) is 5.00. The molecule has 0 unspecified atom stereocenters. The monoisotopic (exact) mass is 254 g/mol. The highest BCUT2D eigenvalue weighted by Crippen LogP contribution is 2.01. The summed E-state index contributed by atoms with van der Waals surface area (Å²) in [6.07, 6.45) is 4.08. The van der Waals surface area contributed by atoms with Crippen molar-refractivity contribution >= 4 is 21.9 Å². The molecule has 0 N–H and O–H groups in total. The maximum atomic E-state index is 11.3. The molecule has 0 radical (unpaired) electrons. The topological polar surface area (TPSA) is 26.3 Å². The maximum Gasteiger partial charge on any atom is 0.342 e. The number of allylic oxidation sites excluding steroid dienone is 1. The van der Waals surface area contributed by atoms with Gasteiger partial charge >= 0.3 is 5.97 Å². The Labute approximate surface area is 91.7 Å². The van der Waals surface area contributed by atoms with Gasteiger partial charge in [0.05, 0.1) is 11.8 Å². The predicted molar refractivity (Wildman–Crippen MR) is 59.4 cm³/mol. The number of hydrogen-bond donors (Lipinski definition) is 0. The van der Waals surface area contributed by atoms with Crippen molar-refractivity contribution in [3.8, 4) is 0 Å². The van der Waals surface area contributed by atoms with E-state index in [1.54, 1.807) is 30.3 Å². The van der Waals surface area contributed by atoms with Crippen LogP contribution in [-0.2, 0) is 4.74 Å². The molecule has 0 saturated heterocycles. The molecule has 0 heterocycles. The number of hydrogen-bond acceptors (Lipinski definition) is 2. The van der Waals surface area contributed by atoms with Gasteiger partial charge in [-0.1, -0.05) is 34.1 Å². The third-order valence-corrected chi connectivity index (χ3v) is 2.01. The molecule has 0 amide bonds. The number of halogens is 1. The Morgan fingerprint density at radius 1 is 1.36 bits per heavy atom. The second kappa shape index (κ2) is 6.38. The van der Waals surface area contributed by atoms with E-state index in [1.165, 1.54) is 6.26 Å². The SMILES string of the molecule is O=C(OC=CCCBr)c1ccccc1. The summed E-state index contributed by atoms with van der Waals surface area (Å²) in [5, 5.41) is 0.867. The molecule has 74 valence electrons. The molecule has 0 aliphatic carbocycles. The lowest BCUT2D eigenvalue weighted by Crippen LogP contribution is -1.99. The summed E-state index contributed by atoms with van der Waals surface area (Å²) in [5.74, 6) is -0.323. The Morgan fingerprint density at radius 2 is 2.07 bits per heavy atom. The van der Waals surface area contributed by atoms with E-state index in [1.807, 2.05) is 6.07 Å². The molecule has 0 aliphatic rings. The second-order valence-corrected chi connectivity index (χ2v) is 3.41. The zero-order valence-electron chi connectivity index (χ0n) is 7.65. The standard InChI is InChI=1S/C11H11BrO2/c12-8-4-5-9-14-11(13)10-6-2-1-3-7-10/h1-3,5-7,9H,4,8H2. The van der Waals surface area contributed by atoms with Gasteiger partial charge in [-0.05, 0) is 24.6 Å². The van der Waals surface area contributed by atoms with Gasteiger partial charge in [0.25, 0.3) is 0 Å². The van der Waals surface area contributed by atoms with E-state index in [9.17, 15) is 4.79 Å². The average Bonchev–Trinajstić information content (AvgIpc) is 2.25. The first-order valence-corrected chi connectivity index (χ1v) is 5.43. The first-order valence-electron chi connectivity index (χ1n) is 4.31. The van der Waals surface area contributed by atoms with Crippen LogP contribution in [0.4, 0.5) is 0 Å². The first-order chi connectivity index (χ1) is 6.84. The zero-order valence-corrected chi connectivity index (χ0v) is 9.24. The minimum atomic E-state index is -0.323. The van der Waals surface area contributed by atoms with E-state index in [0.717, 1.165) is 11.8 Å². The number of rotatable bonds is 4. The molecule has 1 aromatic rings. The largest absolute Gasteiger partial charge is 0.431 e. The number of esters is 1.